The molecule has 7 heteroatoms. The van der Waals surface area contributed by atoms with Crippen LogP contribution in [0.4, 0.5) is 0 Å². The molecule has 0 amide bonds. The zero-order valence-electron chi connectivity index (χ0n) is 2.97. The molecule has 0 N–H and O–H groups in total. The van der Waals surface area contributed by atoms with Gasteiger partial charge >= 0.3 is 48.6 Å². The molecular weight excluding hydrogens is 397 g/mol. The zero-order valence-corrected chi connectivity index (χ0v) is 9.54. The number of rotatable bonds is 0. The van der Waals surface area contributed by atoms with Gasteiger partial charge in [-0.15, -0.1) is 0 Å². The van der Waals surface area contributed by atoms with Gasteiger partial charge < -0.3 is 19.2 Å². The van der Waals surface area contributed by atoms with Gasteiger partial charge in [-0.05, 0) is 0 Å². The van der Waals surface area contributed by atoms with Gasteiger partial charge in [0.15, 0.2) is 0 Å². The van der Waals surface area contributed by atoms with E-state index < -0.39 is 7.82 Å². The van der Waals surface area contributed by atoms with Crippen LogP contribution < -0.4 is 14.7 Å². The van der Waals surface area contributed by atoms with Crippen LogP contribution in [-0.2, 0) is 26.9 Å². The Bertz CT molecular complexity index is 57.8. The predicted molar refractivity (Wildman–Crippen MR) is 13.4 cm³/mol. The molecule has 0 heterocycles. The first-order valence-corrected chi connectivity index (χ1v) is 2.19. The fraction of sp³-hybridized carbons (Fsp3) is 0. The van der Waals surface area contributed by atoms with Crippen molar-refractivity contribution in [2.24, 2.45) is 0 Å². The van der Waals surface area contributed by atoms with Crippen molar-refractivity contribution in [3.05, 3.63) is 0 Å². The molecule has 0 aromatic rings. The standard InChI is InChI=1S/Bi.Nb.H3O4P/c;;1-5(2,3)4/h;;(H3,1,2,3,4)/q+3;+5;/p-3. The van der Waals surface area contributed by atoms with Gasteiger partial charge in [-0.2, -0.15) is 7.82 Å². The van der Waals surface area contributed by atoms with Crippen molar-refractivity contribution >= 4 is 34.0 Å². The normalized spacial score (nSPS) is 8.43. The van der Waals surface area contributed by atoms with Crippen LogP contribution in [0.1, 0.15) is 0 Å². The molecule has 0 aromatic heterocycles. The Morgan fingerprint density at radius 1 is 1.14 bits per heavy atom. The first-order valence-electron chi connectivity index (χ1n) is 0.730. The molecule has 0 bridgehead atoms. The van der Waals surface area contributed by atoms with Crippen LogP contribution in [0.2, 0.25) is 0 Å². The van der Waals surface area contributed by atoms with E-state index in [4.69, 9.17) is 19.2 Å². The molecule has 2 radical (unpaired) electrons. The molecule has 0 aromatic carbocycles. The molecular formula is BiNbO4P+5. The van der Waals surface area contributed by atoms with Crippen LogP contribution in [0.5, 0.6) is 0 Å². The molecule has 0 saturated carbocycles. The van der Waals surface area contributed by atoms with E-state index in [1.54, 1.807) is 0 Å². The molecule has 0 aliphatic carbocycles. The Labute approximate surface area is 75.2 Å². The third kappa shape index (κ3) is 84.6. The molecule has 0 unspecified atom stereocenters. The molecule has 0 spiro atoms. The Hall–Kier alpha value is 1.73. The van der Waals surface area contributed by atoms with Crippen molar-refractivity contribution < 1.29 is 41.6 Å². The second-order valence-electron chi connectivity index (χ2n) is 0.447. The molecule has 7 heavy (non-hydrogen) atoms. The molecule has 0 aliphatic rings. The maximum absolute atomic E-state index is 8.55. The summed E-state index contributed by atoms with van der Waals surface area (Å²) in [4.78, 5) is 25.6. The van der Waals surface area contributed by atoms with Gasteiger partial charge in [-0.3, -0.25) is 0 Å². The summed E-state index contributed by atoms with van der Waals surface area (Å²) in [6.07, 6.45) is 0. The van der Waals surface area contributed by atoms with E-state index in [0.717, 1.165) is 0 Å². The first kappa shape index (κ1) is 15.9. The van der Waals surface area contributed by atoms with E-state index >= 15 is 0 Å². The van der Waals surface area contributed by atoms with Crippen LogP contribution in [0.15, 0.2) is 0 Å². The van der Waals surface area contributed by atoms with Crippen LogP contribution in [0.25, 0.3) is 0 Å². The van der Waals surface area contributed by atoms with Crippen molar-refractivity contribution in [1.82, 2.24) is 0 Å². The van der Waals surface area contributed by atoms with Crippen LogP contribution in [0.3, 0.4) is 0 Å². The Balaban J connectivity index is -0.0000000800. The largest absolute Gasteiger partial charge is 5.00 e. The molecule has 0 atom stereocenters. The second-order valence-corrected chi connectivity index (χ2v) is 1.34. The van der Waals surface area contributed by atoms with E-state index in [0.29, 0.717) is 0 Å². The van der Waals surface area contributed by atoms with Gasteiger partial charge in [-0.25, -0.2) is 0 Å². The summed E-state index contributed by atoms with van der Waals surface area (Å²) < 4.78 is 8.55. The van der Waals surface area contributed by atoms with Gasteiger partial charge in [0.1, 0.15) is 0 Å². The summed E-state index contributed by atoms with van der Waals surface area (Å²) in [7, 11) is -5.39. The predicted octanol–water partition coefficient (Wildman–Crippen LogP) is -3.21. The van der Waals surface area contributed by atoms with Gasteiger partial charge in [0, 0.05) is 0 Å². The molecule has 0 saturated heterocycles. The SMILES string of the molecule is O=P([O-])([O-])[O-].[Bi+3].[Nb+5]. The molecule has 0 fully saturated rings. The minimum absolute atomic E-state index is 0. The molecule has 4 nitrogen and oxygen atoms in total. The smallest absolute Gasteiger partial charge is 0.822 e. The van der Waals surface area contributed by atoms with Crippen molar-refractivity contribution in [3.8, 4) is 0 Å². The van der Waals surface area contributed by atoms with Gasteiger partial charge in [0.25, 0.3) is 0 Å². The Morgan fingerprint density at radius 2 is 1.14 bits per heavy atom. The fourth-order valence-corrected chi connectivity index (χ4v) is 0. The number of phosphoric acid groups is 1. The number of hydrogen-bond donors (Lipinski definition) is 0. The molecule has 0 rings (SSSR count). The van der Waals surface area contributed by atoms with E-state index in [9.17, 15) is 0 Å². The van der Waals surface area contributed by atoms with E-state index in [1.807, 2.05) is 0 Å². The van der Waals surface area contributed by atoms with Crippen molar-refractivity contribution in [2.45, 2.75) is 0 Å². The third-order valence-electron chi connectivity index (χ3n) is 0. The minimum Gasteiger partial charge on any atom is -0.822 e. The van der Waals surface area contributed by atoms with Gasteiger partial charge in [0.2, 0.25) is 0 Å². The summed E-state index contributed by atoms with van der Waals surface area (Å²) in [5.41, 5.74) is 0. The van der Waals surface area contributed by atoms with Crippen LogP contribution in [-0.4, -0.2) is 26.2 Å². The average Bonchev–Trinajstić information content (AvgIpc) is 0.722. The fourth-order valence-electron chi connectivity index (χ4n) is 0. The summed E-state index contributed by atoms with van der Waals surface area (Å²) in [6, 6.07) is 0. The van der Waals surface area contributed by atoms with E-state index in [2.05, 4.69) is 0 Å². The van der Waals surface area contributed by atoms with Crippen molar-refractivity contribution in [1.29, 1.82) is 0 Å². The Kier molecular flexibility index (Phi) is 13.3. The minimum atomic E-state index is -5.39. The molecule has 34 valence electrons. The molecule has 0 aliphatic heterocycles. The summed E-state index contributed by atoms with van der Waals surface area (Å²) in [5.74, 6) is 0. The third-order valence-corrected chi connectivity index (χ3v) is 0. The maximum Gasteiger partial charge on any atom is 5.00 e. The van der Waals surface area contributed by atoms with Crippen LogP contribution >= 0.6 is 7.82 Å². The van der Waals surface area contributed by atoms with Gasteiger partial charge in [0.05, 0.1) is 0 Å². The van der Waals surface area contributed by atoms with Gasteiger partial charge in [-0.1, -0.05) is 0 Å². The second kappa shape index (κ2) is 5.86. The van der Waals surface area contributed by atoms with E-state index in [-0.39, 0.29) is 48.6 Å². The maximum atomic E-state index is 8.55. The van der Waals surface area contributed by atoms with Crippen molar-refractivity contribution in [3.63, 3.8) is 0 Å². The monoisotopic (exact) mass is 397 g/mol. The summed E-state index contributed by atoms with van der Waals surface area (Å²) in [5, 5.41) is 0. The summed E-state index contributed by atoms with van der Waals surface area (Å²) >= 11 is 0. The zero-order chi connectivity index (χ0) is 4.50. The van der Waals surface area contributed by atoms with Crippen LogP contribution in [0, 0.1) is 0 Å². The summed E-state index contributed by atoms with van der Waals surface area (Å²) in [6.45, 7) is 0. The first-order chi connectivity index (χ1) is 2.00. The Morgan fingerprint density at radius 3 is 1.14 bits per heavy atom. The topological polar surface area (TPSA) is 86.2 Å². The average molecular weight is 397 g/mol. The quantitative estimate of drug-likeness (QED) is 0.319. The van der Waals surface area contributed by atoms with Crippen molar-refractivity contribution in [2.75, 3.05) is 0 Å². The number of hydrogen-bond acceptors (Lipinski definition) is 4. The van der Waals surface area contributed by atoms with E-state index in [1.165, 1.54) is 0 Å².